The molecule has 4 aromatic rings. The highest BCUT2D eigenvalue weighted by atomic mass is 32.1. The van der Waals surface area contributed by atoms with E-state index in [1.165, 1.54) is 32.1 Å². The zero-order chi connectivity index (χ0) is 15.4. The third-order valence-electron chi connectivity index (χ3n) is 4.00. The number of thiophene rings is 1. The fourth-order valence-corrected chi connectivity index (χ4v) is 3.78. The number of para-hydroxylation sites is 1. The maximum Gasteiger partial charge on any atom is 0.0456 e. The van der Waals surface area contributed by atoms with E-state index in [0.717, 1.165) is 12.8 Å². The topological polar surface area (TPSA) is 15.8 Å². The predicted octanol–water partition coefficient (Wildman–Crippen LogP) is 6.19. The summed E-state index contributed by atoms with van der Waals surface area (Å²) in [6.07, 6.45) is 4.33. The SMILES string of the molecule is CCc1c[nH]c2ccccc12.CCc1csc2ccccc12. The van der Waals surface area contributed by atoms with Gasteiger partial charge in [-0.25, -0.2) is 0 Å². The third kappa shape index (κ3) is 2.93. The molecule has 1 N–H and O–H groups in total. The average molecular weight is 307 g/mol. The highest BCUT2D eigenvalue weighted by Gasteiger charge is 1.99. The number of aromatic nitrogens is 1. The van der Waals surface area contributed by atoms with Gasteiger partial charge in [0.25, 0.3) is 0 Å². The lowest BCUT2D eigenvalue weighted by atomic mass is 10.1. The number of rotatable bonds is 2. The van der Waals surface area contributed by atoms with Gasteiger partial charge in [0, 0.05) is 21.8 Å². The van der Waals surface area contributed by atoms with Gasteiger partial charge in [-0.2, -0.15) is 0 Å². The number of hydrogen-bond donors (Lipinski definition) is 1. The fourth-order valence-electron chi connectivity index (χ4n) is 2.73. The monoisotopic (exact) mass is 307 g/mol. The van der Waals surface area contributed by atoms with Crippen molar-refractivity contribution in [3.8, 4) is 0 Å². The zero-order valence-electron chi connectivity index (χ0n) is 13.1. The quantitative estimate of drug-likeness (QED) is 0.454. The van der Waals surface area contributed by atoms with Crippen LogP contribution in [0.4, 0.5) is 0 Å². The van der Waals surface area contributed by atoms with Gasteiger partial charge in [-0.1, -0.05) is 50.2 Å². The van der Waals surface area contributed by atoms with E-state index in [1.807, 2.05) is 11.3 Å². The van der Waals surface area contributed by atoms with E-state index >= 15 is 0 Å². The van der Waals surface area contributed by atoms with Crippen LogP contribution in [0.5, 0.6) is 0 Å². The summed E-state index contributed by atoms with van der Waals surface area (Å²) >= 11 is 1.84. The van der Waals surface area contributed by atoms with Crippen molar-refractivity contribution < 1.29 is 0 Å². The van der Waals surface area contributed by atoms with E-state index in [-0.39, 0.29) is 0 Å². The van der Waals surface area contributed by atoms with Gasteiger partial charge in [-0.05, 0) is 46.9 Å². The molecule has 0 aliphatic heterocycles. The first-order chi connectivity index (χ1) is 10.8. The van der Waals surface area contributed by atoms with Crippen LogP contribution in [-0.4, -0.2) is 4.98 Å². The molecule has 0 bridgehead atoms. The molecule has 2 heteroatoms. The fraction of sp³-hybridized carbons (Fsp3) is 0.200. The smallest absolute Gasteiger partial charge is 0.0456 e. The Morgan fingerprint density at radius 1 is 0.818 bits per heavy atom. The van der Waals surface area contributed by atoms with Crippen LogP contribution in [0.1, 0.15) is 25.0 Å². The van der Waals surface area contributed by atoms with Crippen LogP contribution in [0.15, 0.2) is 60.1 Å². The number of aromatic amines is 1. The molecule has 0 aliphatic rings. The first-order valence-electron chi connectivity index (χ1n) is 7.83. The molecule has 112 valence electrons. The van der Waals surface area contributed by atoms with Gasteiger partial charge in [0.1, 0.15) is 0 Å². The maximum absolute atomic E-state index is 3.24. The Balaban J connectivity index is 0.000000131. The Hall–Kier alpha value is -2.06. The minimum absolute atomic E-state index is 1.10. The molecule has 0 aliphatic carbocycles. The first kappa shape index (κ1) is 14.9. The molecule has 0 saturated carbocycles. The van der Waals surface area contributed by atoms with Crippen LogP contribution in [-0.2, 0) is 12.8 Å². The number of aryl methyl sites for hydroxylation is 2. The van der Waals surface area contributed by atoms with Crippen molar-refractivity contribution in [1.82, 2.24) is 4.98 Å². The van der Waals surface area contributed by atoms with Crippen molar-refractivity contribution in [2.75, 3.05) is 0 Å². The number of nitrogens with one attached hydrogen (secondary N) is 1. The molecule has 22 heavy (non-hydrogen) atoms. The van der Waals surface area contributed by atoms with Crippen LogP contribution in [0, 0.1) is 0 Å². The number of benzene rings is 2. The largest absolute Gasteiger partial charge is 0.361 e. The van der Waals surface area contributed by atoms with Gasteiger partial charge in [-0.3, -0.25) is 0 Å². The average Bonchev–Trinajstić information content (AvgIpc) is 3.19. The molecule has 0 amide bonds. The van der Waals surface area contributed by atoms with Gasteiger partial charge in [0.05, 0.1) is 0 Å². The van der Waals surface area contributed by atoms with Gasteiger partial charge in [0.2, 0.25) is 0 Å². The third-order valence-corrected chi connectivity index (χ3v) is 5.01. The first-order valence-corrected chi connectivity index (χ1v) is 8.71. The van der Waals surface area contributed by atoms with Crippen molar-refractivity contribution in [2.24, 2.45) is 0 Å². The molecule has 0 radical (unpaired) electrons. The standard InChI is InChI=1S/C10H11N.C10H10S/c2*1-2-8-7-11-10-6-4-3-5-9(8)10/h3-7,11H,2H2,1H3;3-7H,2H2,1H3. The molecule has 0 fully saturated rings. The summed E-state index contributed by atoms with van der Waals surface area (Å²) in [5.41, 5.74) is 4.12. The Morgan fingerprint density at radius 3 is 2.27 bits per heavy atom. The van der Waals surface area contributed by atoms with Crippen molar-refractivity contribution in [2.45, 2.75) is 26.7 Å². The Labute approximate surface area is 135 Å². The van der Waals surface area contributed by atoms with Crippen molar-refractivity contribution in [3.63, 3.8) is 0 Å². The molecule has 2 heterocycles. The van der Waals surface area contributed by atoms with E-state index in [9.17, 15) is 0 Å². The second kappa shape index (κ2) is 6.80. The Kier molecular flexibility index (Phi) is 4.59. The molecule has 0 unspecified atom stereocenters. The number of hydrogen-bond acceptors (Lipinski definition) is 1. The van der Waals surface area contributed by atoms with Gasteiger partial charge < -0.3 is 4.98 Å². The molecular weight excluding hydrogens is 286 g/mol. The summed E-state index contributed by atoms with van der Waals surface area (Å²) in [6.45, 7) is 4.38. The lowest BCUT2D eigenvalue weighted by Gasteiger charge is -1.90. The van der Waals surface area contributed by atoms with Gasteiger partial charge in [-0.15, -0.1) is 11.3 Å². The lowest BCUT2D eigenvalue weighted by molar-refractivity contribution is 1.15. The van der Waals surface area contributed by atoms with E-state index in [2.05, 4.69) is 78.9 Å². The van der Waals surface area contributed by atoms with Gasteiger partial charge in [0.15, 0.2) is 0 Å². The molecule has 4 rings (SSSR count). The minimum Gasteiger partial charge on any atom is -0.361 e. The second-order valence-corrected chi connectivity index (χ2v) is 6.23. The summed E-state index contributed by atoms with van der Waals surface area (Å²) in [5, 5.41) is 5.04. The normalized spacial score (nSPS) is 10.6. The highest BCUT2D eigenvalue weighted by molar-refractivity contribution is 7.17. The van der Waals surface area contributed by atoms with E-state index < -0.39 is 0 Å². The molecule has 0 saturated heterocycles. The van der Waals surface area contributed by atoms with Crippen molar-refractivity contribution in [1.29, 1.82) is 0 Å². The lowest BCUT2D eigenvalue weighted by Crippen LogP contribution is -1.72. The van der Waals surface area contributed by atoms with Crippen LogP contribution in [0.2, 0.25) is 0 Å². The molecular formula is C20H21NS. The zero-order valence-corrected chi connectivity index (χ0v) is 13.9. The summed E-state index contributed by atoms with van der Waals surface area (Å²) in [6, 6.07) is 17.0. The molecule has 0 spiro atoms. The van der Waals surface area contributed by atoms with Crippen LogP contribution in [0.25, 0.3) is 21.0 Å². The maximum atomic E-state index is 3.24. The Bertz CT molecular complexity index is 795. The Morgan fingerprint density at radius 2 is 1.50 bits per heavy atom. The van der Waals surface area contributed by atoms with Crippen molar-refractivity contribution in [3.05, 3.63) is 71.2 Å². The summed E-state index contributed by atoms with van der Waals surface area (Å²) < 4.78 is 1.41. The summed E-state index contributed by atoms with van der Waals surface area (Å²) in [7, 11) is 0. The minimum atomic E-state index is 1.10. The predicted molar refractivity (Wildman–Crippen MR) is 98.9 cm³/mol. The number of H-pyrrole nitrogens is 1. The summed E-state index contributed by atoms with van der Waals surface area (Å²) in [4.78, 5) is 3.24. The highest BCUT2D eigenvalue weighted by Crippen LogP contribution is 2.25. The van der Waals surface area contributed by atoms with Crippen LogP contribution < -0.4 is 0 Å². The molecule has 2 aromatic heterocycles. The van der Waals surface area contributed by atoms with E-state index in [1.54, 1.807) is 0 Å². The van der Waals surface area contributed by atoms with Crippen LogP contribution >= 0.6 is 11.3 Å². The number of fused-ring (bicyclic) bond motifs is 2. The second-order valence-electron chi connectivity index (χ2n) is 5.32. The summed E-state index contributed by atoms with van der Waals surface area (Å²) in [5.74, 6) is 0. The van der Waals surface area contributed by atoms with Gasteiger partial charge >= 0.3 is 0 Å². The van der Waals surface area contributed by atoms with Crippen molar-refractivity contribution >= 4 is 32.3 Å². The van der Waals surface area contributed by atoms with E-state index in [0.29, 0.717) is 0 Å². The molecule has 2 aromatic carbocycles. The molecule has 0 atom stereocenters. The molecule has 1 nitrogen and oxygen atoms in total. The van der Waals surface area contributed by atoms with Crippen LogP contribution in [0.3, 0.4) is 0 Å². The van der Waals surface area contributed by atoms with E-state index in [4.69, 9.17) is 0 Å².